The second kappa shape index (κ2) is 5.28. The van der Waals surface area contributed by atoms with E-state index in [1.165, 1.54) is 7.11 Å². The minimum atomic E-state index is -0.351. The number of aromatic nitrogens is 1. The lowest BCUT2D eigenvalue weighted by Crippen LogP contribution is -2.08. The average molecular weight is 381 g/mol. The molecule has 1 aliphatic heterocycles. The fraction of sp³-hybridized carbons (Fsp3) is 0.143. The summed E-state index contributed by atoms with van der Waals surface area (Å²) in [5, 5.41) is 0.802. The van der Waals surface area contributed by atoms with E-state index in [2.05, 4.69) is 11.2 Å². The Morgan fingerprint density at radius 3 is 2.85 bits per heavy atom. The summed E-state index contributed by atoms with van der Waals surface area (Å²) in [7, 11) is 3.38. The van der Waals surface area contributed by atoms with E-state index < -0.39 is 0 Å². The molecule has 6 heteroatoms. The Bertz CT molecular complexity index is 755. The summed E-state index contributed by atoms with van der Waals surface area (Å²) >= 11 is -0.351. The Morgan fingerprint density at radius 1 is 1.35 bits per heavy atom. The number of ether oxygens (including phenoxy) is 1. The SMILES string of the molecule is COC(=O)c1cc(C2=CN=IN2C)nc2ccccc12. The first-order chi connectivity index (χ1) is 9.70. The van der Waals surface area contributed by atoms with Crippen LogP contribution in [0, 0.1) is 0 Å². The van der Waals surface area contributed by atoms with Crippen LogP contribution in [-0.4, -0.2) is 28.2 Å². The predicted octanol–water partition coefficient (Wildman–Crippen LogP) is 3.33. The van der Waals surface area contributed by atoms with Crippen molar-refractivity contribution in [2.45, 2.75) is 0 Å². The molecule has 2 aromatic rings. The topological polar surface area (TPSA) is 54.8 Å². The molecular weight excluding hydrogens is 369 g/mol. The fourth-order valence-electron chi connectivity index (χ4n) is 2.06. The lowest BCUT2D eigenvalue weighted by atomic mass is 10.1. The summed E-state index contributed by atoms with van der Waals surface area (Å²) < 4.78 is 11.3. The van der Waals surface area contributed by atoms with E-state index in [0.717, 1.165) is 22.3 Å². The van der Waals surface area contributed by atoms with Crippen molar-refractivity contribution >= 4 is 43.9 Å². The number of hydrogen-bond donors (Lipinski definition) is 0. The van der Waals surface area contributed by atoms with Crippen molar-refractivity contribution in [1.29, 1.82) is 0 Å². The van der Waals surface area contributed by atoms with Crippen molar-refractivity contribution < 1.29 is 9.53 Å². The normalized spacial score (nSPS) is 14.1. The zero-order chi connectivity index (χ0) is 14.1. The molecule has 0 bridgehead atoms. The number of carbonyl (C=O) groups excluding carboxylic acids is 1. The van der Waals surface area contributed by atoms with Crippen LogP contribution in [0.1, 0.15) is 16.1 Å². The highest BCUT2D eigenvalue weighted by atomic mass is 127. The van der Waals surface area contributed by atoms with Crippen LogP contribution in [0.2, 0.25) is 0 Å². The summed E-state index contributed by atoms with van der Waals surface area (Å²) in [6.45, 7) is 0. The highest BCUT2D eigenvalue weighted by Crippen LogP contribution is 2.32. The molecule has 0 saturated heterocycles. The fourth-order valence-corrected chi connectivity index (χ4v) is 3.43. The molecule has 2 heterocycles. The van der Waals surface area contributed by atoms with Gasteiger partial charge in [-0.1, -0.05) is 18.2 Å². The first kappa shape index (κ1) is 13.2. The minimum Gasteiger partial charge on any atom is -0.465 e. The third-order valence-corrected chi connectivity index (χ3v) is 4.74. The van der Waals surface area contributed by atoms with Gasteiger partial charge < -0.3 is 7.85 Å². The number of fused-ring (bicyclic) bond motifs is 1. The van der Waals surface area contributed by atoms with Crippen LogP contribution in [0.5, 0.6) is 0 Å². The average Bonchev–Trinajstić information content (AvgIpc) is 2.91. The van der Waals surface area contributed by atoms with Gasteiger partial charge >= 0.3 is 5.97 Å². The Hall–Kier alpha value is -1.83. The van der Waals surface area contributed by atoms with Gasteiger partial charge in [0.15, 0.2) is 0 Å². The summed E-state index contributed by atoms with van der Waals surface area (Å²) in [4.78, 5) is 16.6. The molecule has 0 N–H and O–H groups in total. The lowest BCUT2D eigenvalue weighted by molar-refractivity contribution is 0.0603. The van der Waals surface area contributed by atoms with Gasteiger partial charge in [0.1, 0.15) is 21.3 Å². The van der Waals surface area contributed by atoms with Crippen molar-refractivity contribution in [1.82, 2.24) is 8.10 Å². The van der Waals surface area contributed by atoms with E-state index >= 15 is 0 Å². The summed E-state index contributed by atoms with van der Waals surface area (Å²) in [5.41, 5.74) is 3.03. The van der Waals surface area contributed by atoms with Crippen LogP contribution in [0.15, 0.2) is 39.7 Å². The van der Waals surface area contributed by atoms with E-state index in [1.807, 2.05) is 37.5 Å². The number of pyridine rings is 1. The highest BCUT2D eigenvalue weighted by Gasteiger charge is 2.18. The van der Waals surface area contributed by atoms with E-state index in [4.69, 9.17) is 4.74 Å². The molecule has 0 saturated carbocycles. The second-order valence-corrected chi connectivity index (χ2v) is 6.66. The van der Waals surface area contributed by atoms with Crippen LogP contribution < -0.4 is 0 Å². The number of hydrogen-bond acceptors (Lipinski definition) is 5. The number of methoxy groups -OCH3 is 1. The quantitative estimate of drug-likeness (QED) is 0.455. The summed E-state index contributed by atoms with van der Waals surface area (Å²) in [6, 6.07) is 9.35. The number of carbonyl (C=O) groups is 1. The largest absolute Gasteiger partial charge is 0.465 e. The number of halogens is 1. The Morgan fingerprint density at radius 2 is 2.15 bits per heavy atom. The van der Waals surface area contributed by atoms with Crippen LogP contribution in [-0.2, 0) is 4.74 Å². The zero-order valence-corrected chi connectivity index (χ0v) is 13.2. The number of rotatable bonds is 2. The third kappa shape index (κ3) is 2.20. The van der Waals surface area contributed by atoms with Crippen molar-refractivity contribution in [3.05, 3.63) is 47.8 Å². The maximum absolute atomic E-state index is 12.0. The third-order valence-electron chi connectivity index (χ3n) is 3.04. The van der Waals surface area contributed by atoms with Gasteiger partial charge in [-0.3, -0.25) is 0 Å². The van der Waals surface area contributed by atoms with Gasteiger partial charge in [0, 0.05) is 12.4 Å². The number of nitrogens with zero attached hydrogens (tertiary/aromatic N) is 3. The van der Waals surface area contributed by atoms with E-state index in [-0.39, 0.29) is 27.3 Å². The van der Waals surface area contributed by atoms with Crippen molar-refractivity contribution in [2.24, 2.45) is 3.15 Å². The van der Waals surface area contributed by atoms with Crippen LogP contribution in [0.3, 0.4) is 0 Å². The van der Waals surface area contributed by atoms with Crippen LogP contribution in [0.4, 0.5) is 0 Å². The second-order valence-electron chi connectivity index (χ2n) is 4.23. The molecule has 102 valence electrons. The first-order valence-corrected chi connectivity index (χ1v) is 7.90. The van der Waals surface area contributed by atoms with Crippen molar-refractivity contribution in [3.63, 3.8) is 0 Å². The molecule has 3 rings (SSSR count). The smallest absolute Gasteiger partial charge is 0.338 e. The molecule has 1 aromatic heterocycles. The van der Waals surface area contributed by atoms with E-state index in [9.17, 15) is 4.79 Å². The molecule has 0 spiro atoms. The molecule has 20 heavy (non-hydrogen) atoms. The van der Waals surface area contributed by atoms with E-state index in [1.54, 1.807) is 6.07 Å². The first-order valence-electron chi connectivity index (χ1n) is 5.97. The Balaban J connectivity index is 2.23. The molecule has 5 nitrogen and oxygen atoms in total. The zero-order valence-electron chi connectivity index (χ0n) is 11.0. The number of esters is 1. The standard InChI is InChI=1S/C14H12IN3O2/c1-18-13(8-16-15-18)12-7-10(14(19)20-2)9-5-3-4-6-11(9)17-12/h3-8H,1-2H3. The summed E-state index contributed by atoms with van der Waals surface area (Å²) in [6.07, 6.45) is 1.82. The minimum absolute atomic E-state index is 0.349. The predicted molar refractivity (Wildman–Crippen MR) is 85.3 cm³/mol. The maximum atomic E-state index is 12.0. The van der Waals surface area contributed by atoms with Crippen molar-refractivity contribution in [2.75, 3.05) is 14.2 Å². The Labute approximate surface area is 126 Å². The van der Waals surface area contributed by atoms with Gasteiger partial charge in [-0.2, -0.15) is 0 Å². The molecule has 0 radical (unpaired) electrons. The molecule has 0 unspecified atom stereocenters. The number of para-hydroxylation sites is 1. The molecule has 0 amide bonds. The van der Waals surface area contributed by atoms with Gasteiger partial charge in [-0.05, 0) is 12.1 Å². The molecule has 0 atom stereocenters. The van der Waals surface area contributed by atoms with Crippen molar-refractivity contribution in [3.8, 4) is 0 Å². The molecule has 1 aromatic carbocycles. The molecule has 0 fully saturated rings. The molecule has 1 aliphatic rings. The van der Waals surface area contributed by atoms with Gasteiger partial charge in [-0.25, -0.2) is 12.9 Å². The number of benzene rings is 1. The van der Waals surface area contributed by atoms with Crippen LogP contribution >= 0.6 is 21.3 Å². The summed E-state index contributed by atoms with van der Waals surface area (Å²) in [5.74, 6) is -0.349. The van der Waals surface area contributed by atoms with Gasteiger partial charge in [-0.15, -0.1) is 0 Å². The van der Waals surface area contributed by atoms with Gasteiger partial charge in [0.25, 0.3) is 0 Å². The molecular formula is C14H12IN3O2. The Kier molecular flexibility index (Phi) is 3.47. The molecule has 0 aliphatic carbocycles. The highest BCUT2D eigenvalue weighted by molar-refractivity contribution is 14.1. The maximum Gasteiger partial charge on any atom is 0.338 e. The van der Waals surface area contributed by atoms with E-state index in [0.29, 0.717) is 5.56 Å². The van der Waals surface area contributed by atoms with Crippen LogP contribution in [0.25, 0.3) is 16.6 Å². The lowest BCUT2D eigenvalue weighted by Gasteiger charge is -2.13. The monoisotopic (exact) mass is 381 g/mol. The van der Waals surface area contributed by atoms with Gasteiger partial charge in [0.05, 0.1) is 35.8 Å². The van der Waals surface area contributed by atoms with Gasteiger partial charge in [0.2, 0.25) is 0 Å².